The molecule has 0 radical (unpaired) electrons. The van der Waals surface area contributed by atoms with Crippen molar-refractivity contribution in [3.05, 3.63) is 23.0 Å². The lowest BCUT2D eigenvalue weighted by Crippen LogP contribution is -2.30. The number of hydrogen-bond acceptors (Lipinski definition) is 5. The number of rotatable bonds is 6. The first-order valence-electron chi connectivity index (χ1n) is 5.74. The lowest BCUT2D eigenvalue weighted by molar-refractivity contribution is 0.154. The van der Waals surface area contributed by atoms with Crippen LogP contribution in [0.1, 0.15) is 16.8 Å². The number of nitrogens with two attached hydrogens (primary N) is 1. The van der Waals surface area contributed by atoms with Crippen molar-refractivity contribution in [1.82, 2.24) is 9.88 Å². The van der Waals surface area contributed by atoms with Gasteiger partial charge in [-0.15, -0.1) is 0 Å². The summed E-state index contributed by atoms with van der Waals surface area (Å²) in [6.45, 7) is 5.65. The highest BCUT2D eigenvalue weighted by atomic mass is 16.3. The van der Waals surface area contributed by atoms with Crippen LogP contribution in [0.5, 0.6) is 0 Å². The van der Waals surface area contributed by atoms with E-state index in [4.69, 9.17) is 15.9 Å². The van der Waals surface area contributed by atoms with Crippen LogP contribution in [0.25, 0.3) is 0 Å². The zero-order chi connectivity index (χ0) is 12.8. The average molecular weight is 239 g/mol. The first-order chi connectivity index (χ1) is 8.10. The zero-order valence-corrected chi connectivity index (χ0v) is 10.5. The summed E-state index contributed by atoms with van der Waals surface area (Å²) in [5, 5.41) is 17.9. The Balaban J connectivity index is 2.82. The molecule has 0 aliphatic carbocycles. The van der Waals surface area contributed by atoms with Crippen LogP contribution in [0.15, 0.2) is 6.20 Å². The topological polar surface area (TPSA) is 82.6 Å². The van der Waals surface area contributed by atoms with Gasteiger partial charge in [0.05, 0.1) is 18.9 Å². The number of hydrogen-bond donors (Lipinski definition) is 3. The smallest absolute Gasteiger partial charge is 0.0593 e. The molecule has 1 aromatic rings. The molecule has 5 heteroatoms. The van der Waals surface area contributed by atoms with Gasteiger partial charge in [-0.05, 0) is 25.0 Å². The second-order valence-electron chi connectivity index (χ2n) is 4.15. The minimum atomic E-state index is 0.0698. The van der Waals surface area contributed by atoms with Crippen molar-refractivity contribution in [3.63, 3.8) is 0 Å². The van der Waals surface area contributed by atoms with E-state index in [9.17, 15) is 0 Å². The summed E-state index contributed by atoms with van der Waals surface area (Å²) in [6, 6.07) is 0. The van der Waals surface area contributed by atoms with Gasteiger partial charge in [0.2, 0.25) is 0 Å². The molecule has 0 atom stereocenters. The summed E-state index contributed by atoms with van der Waals surface area (Å²) in [4.78, 5) is 6.31. The summed E-state index contributed by atoms with van der Waals surface area (Å²) in [6.07, 6.45) is 1.76. The molecule has 0 fully saturated rings. The highest BCUT2D eigenvalue weighted by Crippen LogP contribution is 2.18. The molecule has 0 bridgehead atoms. The monoisotopic (exact) mass is 239 g/mol. The Morgan fingerprint density at radius 2 is 1.82 bits per heavy atom. The van der Waals surface area contributed by atoms with Crippen LogP contribution < -0.4 is 5.73 Å². The molecule has 96 valence electrons. The van der Waals surface area contributed by atoms with Crippen LogP contribution in [0.3, 0.4) is 0 Å². The molecule has 0 spiro atoms. The zero-order valence-electron chi connectivity index (χ0n) is 10.5. The van der Waals surface area contributed by atoms with Gasteiger partial charge in [0, 0.05) is 31.5 Å². The van der Waals surface area contributed by atoms with Gasteiger partial charge in [-0.1, -0.05) is 0 Å². The normalized spacial score (nSPS) is 11.1. The predicted molar refractivity (Wildman–Crippen MR) is 67.6 cm³/mol. The van der Waals surface area contributed by atoms with Crippen molar-refractivity contribution in [1.29, 1.82) is 0 Å². The van der Waals surface area contributed by atoms with Crippen molar-refractivity contribution in [3.8, 4) is 0 Å². The van der Waals surface area contributed by atoms with E-state index < -0.39 is 0 Å². The molecule has 0 aliphatic rings. The third kappa shape index (κ3) is 3.66. The Labute approximate surface area is 102 Å². The van der Waals surface area contributed by atoms with Crippen LogP contribution in [-0.4, -0.2) is 46.4 Å². The van der Waals surface area contributed by atoms with Gasteiger partial charge in [-0.25, -0.2) is 0 Å². The van der Waals surface area contributed by atoms with Crippen LogP contribution in [0.2, 0.25) is 0 Å². The average Bonchev–Trinajstić information content (AvgIpc) is 2.30. The lowest BCUT2D eigenvalue weighted by atomic mass is 10.1. The van der Waals surface area contributed by atoms with Crippen LogP contribution in [0, 0.1) is 13.8 Å². The van der Waals surface area contributed by atoms with E-state index in [1.54, 1.807) is 6.20 Å². The maximum Gasteiger partial charge on any atom is 0.0593 e. The number of aliphatic hydroxyl groups is 2. The van der Waals surface area contributed by atoms with Gasteiger partial charge in [-0.3, -0.25) is 9.88 Å². The van der Waals surface area contributed by atoms with Crippen molar-refractivity contribution >= 4 is 5.69 Å². The first-order valence-corrected chi connectivity index (χ1v) is 5.74. The number of aliphatic hydroxyl groups excluding tert-OH is 2. The fourth-order valence-electron chi connectivity index (χ4n) is 1.72. The fourth-order valence-corrected chi connectivity index (χ4v) is 1.72. The van der Waals surface area contributed by atoms with Crippen molar-refractivity contribution in [2.45, 2.75) is 20.4 Å². The number of pyridine rings is 1. The number of aromatic nitrogens is 1. The predicted octanol–water partition coefficient (Wildman–Crippen LogP) is 0.0672. The number of nitrogen functional groups attached to an aromatic ring is 1. The molecule has 5 nitrogen and oxygen atoms in total. The molecule has 1 aromatic heterocycles. The van der Waals surface area contributed by atoms with Crippen molar-refractivity contribution < 1.29 is 10.2 Å². The highest BCUT2D eigenvalue weighted by Gasteiger charge is 2.10. The summed E-state index contributed by atoms with van der Waals surface area (Å²) in [5.74, 6) is 0. The largest absolute Gasteiger partial charge is 0.398 e. The quantitative estimate of drug-likeness (QED) is 0.654. The maximum atomic E-state index is 8.94. The number of anilines is 1. The Hall–Kier alpha value is -1.17. The Bertz CT molecular complexity index is 363. The third-order valence-electron chi connectivity index (χ3n) is 2.88. The van der Waals surface area contributed by atoms with E-state index in [1.165, 1.54) is 0 Å². The van der Waals surface area contributed by atoms with E-state index in [2.05, 4.69) is 4.98 Å². The summed E-state index contributed by atoms with van der Waals surface area (Å²) in [5.41, 5.74) is 9.57. The molecule has 0 unspecified atom stereocenters. The molecule has 1 rings (SSSR count). The van der Waals surface area contributed by atoms with E-state index in [1.807, 2.05) is 18.7 Å². The minimum absolute atomic E-state index is 0.0698. The minimum Gasteiger partial charge on any atom is -0.398 e. The Morgan fingerprint density at radius 1 is 1.24 bits per heavy atom. The molecule has 1 heterocycles. The molecule has 0 saturated heterocycles. The molecule has 0 aromatic carbocycles. The van der Waals surface area contributed by atoms with Gasteiger partial charge in [-0.2, -0.15) is 0 Å². The second kappa shape index (κ2) is 6.54. The fraction of sp³-hybridized carbons (Fsp3) is 0.583. The standard InChI is InChI=1S/C12H21N3O2/c1-9-7-14-11(10(2)12(9)13)8-15(3-5-16)4-6-17/h7,16-17H,3-6,8H2,1-2H3,(H2,13,14). The van der Waals surface area contributed by atoms with Crippen molar-refractivity contribution in [2.75, 3.05) is 32.0 Å². The highest BCUT2D eigenvalue weighted by molar-refractivity contribution is 5.53. The summed E-state index contributed by atoms with van der Waals surface area (Å²) >= 11 is 0. The van der Waals surface area contributed by atoms with E-state index in [-0.39, 0.29) is 13.2 Å². The van der Waals surface area contributed by atoms with Crippen LogP contribution in [0.4, 0.5) is 5.69 Å². The van der Waals surface area contributed by atoms with Gasteiger partial charge in [0.15, 0.2) is 0 Å². The van der Waals surface area contributed by atoms with E-state index >= 15 is 0 Å². The molecule has 0 aliphatic heterocycles. The van der Waals surface area contributed by atoms with Crippen LogP contribution in [-0.2, 0) is 6.54 Å². The molecular formula is C12H21N3O2. The molecular weight excluding hydrogens is 218 g/mol. The van der Waals surface area contributed by atoms with Gasteiger partial charge in [0.1, 0.15) is 0 Å². The van der Waals surface area contributed by atoms with Gasteiger partial charge in [0.25, 0.3) is 0 Å². The first kappa shape index (κ1) is 13.9. The molecule has 0 amide bonds. The van der Waals surface area contributed by atoms with Gasteiger partial charge >= 0.3 is 0 Å². The molecule has 4 N–H and O–H groups in total. The summed E-state index contributed by atoms with van der Waals surface area (Å²) in [7, 11) is 0. The second-order valence-corrected chi connectivity index (χ2v) is 4.15. The number of aryl methyl sites for hydroxylation is 1. The number of nitrogens with zero attached hydrogens (tertiary/aromatic N) is 2. The van der Waals surface area contributed by atoms with Crippen molar-refractivity contribution in [2.24, 2.45) is 0 Å². The SMILES string of the molecule is Cc1cnc(CN(CCO)CCO)c(C)c1N. The van der Waals surface area contributed by atoms with Gasteiger partial charge < -0.3 is 15.9 Å². The van der Waals surface area contributed by atoms with E-state index in [0.717, 1.165) is 22.5 Å². The maximum absolute atomic E-state index is 8.94. The van der Waals surface area contributed by atoms with Crippen LogP contribution >= 0.6 is 0 Å². The molecule has 17 heavy (non-hydrogen) atoms. The Kier molecular flexibility index (Phi) is 5.34. The summed E-state index contributed by atoms with van der Waals surface area (Å²) < 4.78 is 0. The lowest BCUT2D eigenvalue weighted by Gasteiger charge is -2.21. The molecule has 0 saturated carbocycles. The van der Waals surface area contributed by atoms with E-state index in [0.29, 0.717) is 19.6 Å². The third-order valence-corrected chi connectivity index (χ3v) is 2.88. The Morgan fingerprint density at radius 3 is 2.35 bits per heavy atom.